The van der Waals surface area contributed by atoms with Crippen LogP contribution >= 0.6 is 0 Å². The van der Waals surface area contributed by atoms with Crippen molar-refractivity contribution in [3.8, 4) is 5.75 Å². The standard InChI is InChI=1S/C26H24N2O3/c1-30-20-11-7-10-19(16-20)25-23-21-12-5-6-13-22(21)27-24(23)26(29)28(14-15-31-25)17-18-8-3-2-4-9-18/h2-13,16,25,27H,14-15,17H2,1H3/t25-/m0/s1. The summed E-state index contributed by atoms with van der Waals surface area (Å²) in [5, 5.41) is 1.00. The lowest BCUT2D eigenvalue weighted by molar-refractivity contribution is 0.0401. The summed E-state index contributed by atoms with van der Waals surface area (Å²) in [5.41, 5.74) is 4.46. The number of hydrogen-bond acceptors (Lipinski definition) is 3. The van der Waals surface area contributed by atoms with E-state index in [9.17, 15) is 4.79 Å². The molecule has 0 bridgehead atoms. The van der Waals surface area contributed by atoms with Gasteiger partial charge in [0.05, 0.1) is 13.7 Å². The van der Waals surface area contributed by atoms with Crippen LogP contribution in [0.25, 0.3) is 10.9 Å². The lowest BCUT2D eigenvalue weighted by atomic mass is 9.97. The Labute approximate surface area is 181 Å². The monoisotopic (exact) mass is 412 g/mol. The van der Waals surface area contributed by atoms with E-state index in [1.165, 1.54) is 0 Å². The molecule has 5 nitrogen and oxygen atoms in total. The first-order chi connectivity index (χ1) is 15.2. The van der Waals surface area contributed by atoms with E-state index in [1.54, 1.807) is 7.11 Å². The number of benzene rings is 3. The minimum absolute atomic E-state index is 0.00810. The third kappa shape index (κ3) is 3.68. The quantitative estimate of drug-likeness (QED) is 0.517. The molecule has 2 heterocycles. The Kier molecular flexibility index (Phi) is 5.18. The third-order valence-electron chi connectivity index (χ3n) is 5.77. The number of fused-ring (bicyclic) bond motifs is 3. The number of ether oxygens (including phenoxy) is 2. The van der Waals surface area contributed by atoms with E-state index in [0.717, 1.165) is 33.3 Å². The third-order valence-corrected chi connectivity index (χ3v) is 5.77. The first-order valence-electron chi connectivity index (χ1n) is 10.4. The van der Waals surface area contributed by atoms with Crippen LogP contribution in [0, 0.1) is 0 Å². The summed E-state index contributed by atoms with van der Waals surface area (Å²) in [6, 6.07) is 25.9. The number of para-hydroxylation sites is 1. The van der Waals surface area contributed by atoms with E-state index >= 15 is 0 Å². The SMILES string of the molecule is COc1cccc([C@@H]2OCCN(Cc3ccccc3)C(=O)c3[nH]c4ccccc4c32)c1. The van der Waals surface area contributed by atoms with Gasteiger partial charge in [-0.15, -0.1) is 0 Å². The van der Waals surface area contributed by atoms with Crippen LogP contribution in [0.2, 0.25) is 0 Å². The molecule has 4 aromatic rings. The molecule has 1 N–H and O–H groups in total. The van der Waals surface area contributed by atoms with E-state index in [-0.39, 0.29) is 12.0 Å². The fraction of sp³-hybridized carbons (Fsp3) is 0.192. The zero-order valence-corrected chi connectivity index (χ0v) is 17.4. The highest BCUT2D eigenvalue weighted by Crippen LogP contribution is 2.37. The van der Waals surface area contributed by atoms with Gasteiger partial charge in [-0.05, 0) is 29.3 Å². The van der Waals surface area contributed by atoms with E-state index < -0.39 is 0 Å². The minimum Gasteiger partial charge on any atom is -0.497 e. The fourth-order valence-electron chi connectivity index (χ4n) is 4.25. The van der Waals surface area contributed by atoms with Crippen molar-refractivity contribution in [1.29, 1.82) is 0 Å². The fourth-order valence-corrected chi connectivity index (χ4v) is 4.25. The van der Waals surface area contributed by atoms with Gasteiger partial charge in [-0.1, -0.05) is 60.7 Å². The number of H-pyrrole nitrogens is 1. The number of nitrogens with zero attached hydrogens (tertiary/aromatic N) is 1. The Morgan fingerprint density at radius 3 is 2.68 bits per heavy atom. The smallest absolute Gasteiger partial charge is 0.271 e. The van der Waals surface area contributed by atoms with Crippen LogP contribution < -0.4 is 4.74 Å². The van der Waals surface area contributed by atoms with Crippen LogP contribution in [-0.2, 0) is 11.3 Å². The van der Waals surface area contributed by atoms with Gasteiger partial charge in [-0.3, -0.25) is 4.79 Å². The van der Waals surface area contributed by atoms with Crippen molar-refractivity contribution >= 4 is 16.8 Å². The van der Waals surface area contributed by atoms with Crippen LogP contribution in [0.1, 0.15) is 33.3 Å². The van der Waals surface area contributed by atoms with Gasteiger partial charge in [0, 0.05) is 29.6 Å². The highest BCUT2D eigenvalue weighted by molar-refractivity contribution is 6.01. The molecule has 5 heteroatoms. The normalized spacial score (nSPS) is 16.6. The Morgan fingerprint density at radius 2 is 1.84 bits per heavy atom. The van der Waals surface area contributed by atoms with Crippen molar-refractivity contribution < 1.29 is 14.3 Å². The van der Waals surface area contributed by atoms with Crippen molar-refractivity contribution in [2.75, 3.05) is 20.3 Å². The number of carbonyl (C=O) groups is 1. The van der Waals surface area contributed by atoms with Crippen LogP contribution in [0.5, 0.6) is 5.75 Å². The Hall–Kier alpha value is -3.57. The summed E-state index contributed by atoms with van der Waals surface area (Å²) >= 11 is 0. The number of aromatic nitrogens is 1. The Balaban J connectivity index is 1.62. The molecule has 156 valence electrons. The second-order valence-corrected chi connectivity index (χ2v) is 7.70. The molecular weight excluding hydrogens is 388 g/mol. The molecular formula is C26H24N2O3. The zero-order chi connectivity index (χ0) is 21.2. The topological polar surface area (TPSA) is 54.6 Å². The molecule has 5 rings (SSSR count). The van der Waals surface area contributed by atoms with Gasteiger partial charge in [0.2, 0.25) is 0 Å². The predicted octanol–water partition coefficient (Wildman–Crippen LogP) is 4.94. The summed E-state index contributed by atoms with van der Waals surface area (Å²) in [7, 11) is 1.65. The highest BCUT2D eigenvalue weighted by Gasteiger charge is 2.31. The first kappa shape index (κ1) is 19.4. The zero-order valence-electron chi connectivity index (χ0n) is 17.4. The largest absolute Gasteiger partial charge is 0.497 e. The van der Waals surface area contributed by atoms with Gasteiger partial charge >= 0.3 is 0 Å². The number of hydrogen-bond donors (Lipinski definition) is 1. The first-order valence-corrected chi connectivity index (χ1v) is 10.4. The average Bonchev–Trinajstić information content (AvgIpc) is 3.19. The average molecular weight is 412 g/mol. The maximum absolute atomic E-state index is 13.7. The van der Waals surface area contributed by atoms with Gasteiger partial charge in [0.15, 0.2) is 0 Å². The molecule has 31 heavy (non-hydrogen) atoms. The Bertz CT molecular complexity index is 1220. The van der Waals surface area contributed by atoms with E-state index in [2.05, 4.69) is 4.98 Å². The number of nitrogens with one attached hydrogen (secondary N) is 1. The van der Waals surface area contributed by atoms with Crippen molar-refractivity contribution in [2.24, 2.45) is 0 Å². The number of amides is 1. The minimum atomic E-state index is -0.357. The number of rotatable bonds is 4. The molecule has 1 amide bonds. The second-order valence-electron chi connectivity index (χ2n) is 7.70. The second kappa shape index (κ2) is 8.28. The van der Waals surface area contributed by atoms with Crippen LogP contribution in [0.4, 0.5) is 0 Å². The number of carbonyl (C=O) groups excluding carboxylic acids is 1. The molecule has 0 radical (unpaired) electrons. The summed E-state index contributed by atoms with van der Waals surface area (Å²) < 4.78 is 11.8. The molecule has 1 aromatic heterocycles. The van der Waals surface area contributed by atoms with Crippen molar-refractivity contribution in [1.82, 2.24) is 9.88 Å². The van der Waals surface area contributed by atoms with Crippen LogP contribution in [0.3, 0.4) is 0 Å². The Morgan fingerprint density at radius 1 is 1.03 bits per heavy atom. The lowest BCUT2D eigenvalue weighted by Gasteiger charge is -2.29. The van der Waals surface area contributed by atoms with E-state index in [4.69, 9.17) is 9.47 Å². The van der Waals surface area contributed by atoms with E-state index in [1.807, 2.05) is 83.8 Å². The summed E-state index contributed by atoms with van der Waals surface area (Å²) in [6.45, 7) is 1.50. The van der Waals surface area contributed by atoms with Gasteiger partial charge in [0.1, 0.15) is 17.5 Å². The molecule has 1 atom stereocenters. The van der Waals surface area contributed by atoms with Crippen LogP contribution in [0.15, 0.2) is 78.9 Å². The molecule has 0 saturated carbocycles. The molecule has 1 aliphatic rings. The molecule has 0 aliphatic carbocycles. The summed E-state index contributed by atoms with van der Waals surface area (Å²) in [6.07, 6.45) is -0.357. The predicted molar refractivity (Wildman–Crippen MR) is 120 cm³/mol. The molecule has 1 aliphatic heterocycles. The number of aromatic amines is 1. The summed E-state index contributed by atoms with van der Waals surface area (Å²) in [4.78, 5) is 18.9. The lowest BCUT2D eigenvalue weighted by Crippen LogP contribution is -2.36. The van der Waals surface area contributed by atoms with Crippen molar-refractivity contribution in [3.63, 3.8) is 0 Å². The van der Waals surface area contributed by atoms with Crippen molar-refractivity contribution in [2.45, 2.75) is 12.6 Å². The van der Waals surface area contributed by atoms with Gasteiger partial charge in [-0.25, -0.2) is 0 Å². The van der Waals surface area contributed by atoms with Gasteiger partial charge < -0.3 is 19.4 Å². The molecule has 0 fully saturated rings. The molecule has 0 unspecified atom stereocenters. The van der Waals surface area contributed by atoms with E-state index in [0.29, 0.717) is 25.4 Å². The van der Waals surface area contributed by atoms with Crippen LogP contribution in [-0.4, -0.2) is 36.1 Å². The summed E-state index contributed by atoms with van der Waals surface area (Å²) in [5.74, 6) is 0.757. The molecule has 3 aromatic carbocycles. The van der Waals surface area contributed by atoms with Crippen molar-refractivity contribution in [3.05, 3.63) is 101 Å². The number of methoxy groups -OCH3 is 1. The maximum atomic E-state index is 13.7. The maximum Gasteiger partial charge on any atom is 0.271 e. The highest BCUT2D eigenvalue weighted by atomic mass is 16.5. The van der Waals surface area contributed by atoms with Gasteiger partial charge in [-0.2, -0.15) is 0 Å². The molecule has 0 saturated heterocycles. The molecule has 0 spiro atoms. The van der Waals surface area contributed by atoms with Gasteiger partial charge in [0.25, 0.3) is 5.91 Å².